The fraction of sp³-hybridized carbons (Fsp3) is 0.900. The molecular weight excluding hydrogens is 180 g/mol. The van der Waals surface area contributed by atoms with Crippen LogP contribution < -0.4 is 5.73 Å². The highest BCUT2D eigenvalue weighted by molar-refractivity contribution is 5.81. The standard InChI is InChI=1S/C10H22N2O2/c1-7(2)5-9(11)10(14)12(4)8(3)6-13/h7-9,13H,5-6,11H2,1-4H3/t8?,9-/m0/s1. The molecule has 0 fully saturated rings. The molecule has 84 valence electrons. The van der Waals surface area contributed by atoms with E-state index in [4.69, 9.17) is 10.8 Å². The lowest BCUT2D eigenvalue weighted by molar-refractivity contribution is -0.134. The maximum Gasteiger partial charge on any atom is 0.239 e. The van der Waals surface area contributed by atoms with Gasteiger partial charge >= 0.3 is 0 Å². The Morgan fingerprint density at radius 2 is 1.93 bits per heavy atom. The van der Waals surface area contributed by atoms with Crippen LogP contribution in [0.2, 0.25) is 0 Å². The Hall–Kier alpha value is -0.610. The Kier molecular flexibility index (Phi) is 5.72. The van der Waals surface area contributed by atoms with E-state index < -0.39 is 6.04 Å². The second-order valence-electron chi connectivity index (χ2n) is 4.22. The first-order chi connectivity index (χ1) is 6.40. The first-order valence-corrected chi connectivity index (χ1v) is 5.03. The van der Waals surface area contributed by atoms with Crippen molar-refractivity contribution in [3.05, 3.63) is 0 Å². The summed E-state index contributed by atoms with van der Waals surface area (Å²) in [5.74, 6) is 0.312. The van der Waals surface area contributed by atoms with Gasteiger partial charge in [-0.3, -0.25) is 4.79 Å². The SMILES string of the molecule is CC(C)C[C@H](N)C(=O)N(C)C(C)CO. The molecule has 0 aliphatic carbocycles. The van der Waals surface area contributed by atoms with Crippen LogP contribution in [-0.2, 0) is 4.79 Å². The van der Waals surface area contributed by atoms with Gasteiger partial charge in [0.2, 0.25) is 5.91 Å². The van der Waals surface area contributed by atoms with Gasteiger partial charge in [-0.2, -0.15) is 0 Å². The predicted molar refractivity (Wildman–Crippen MR) is 56.7 cm³/mol. The largest absolute Gasteiger partial charge is 0.394 e. The Labute approximate surface area is 86.1 Å². The third-order valence-electron chi connectivity index (χ3n) is 2.32. The van der Waals surface area contributed by atoms with Crippen molar-refractivity contribution in [3.63, 3.8) is 0 Å². The number of aliphatic hydroxyl groups excluding tert-OH is 1. The topological polar surface area (TPSA) is 66.6 Å². The van der Waals surface area contributed by atoms with Gasteiger partial charge in [-0.05, 0) is 19.3 Å². The summed E-state index contributed by atoms with van der Waals surface area (Å²) < 4.78 is 0. The van der Waals surface area contributed by atoms with E-state index in [0.29, 0.717) is 12.3 Å². The molecule has 0 aliphatic rings. The molecule has 0 aromatic carbocycles. The summed E-state index contributed by atoms with van der Waals surface area (Å²) in [6.45, 7) is 5.82. The zero-order valence-corrected chi connectivity index (χ0v) is 9.53. The Bertz CT molecular complexity index is 183. The fourth-order valence-corrected chi connectivity index (χ4v) is 1.21. The molecule has 0 aromatic rings. The number of carbonyl (C=O) groups is 1. The summed E-state index contributed by atoms with van der Waals surface area (Å²) in [5, 5.41) is 8.88. The van der Waals surface area contributed by atoms with Crippen molar-refractivity contribution in [1.82, 2.24) is 4.90 Å². The van der Waals surface area contributed by atoms with E-state index in [1.165, 1.54) is 4.90 Å². The predicted octanol–water partition coefficient (Wildman–Crippen LogP) is 0.199. The Morgan fingerprint density at radius 1 is 1.43 bits per heavy atom. The number of aliphatic hydroxyl groups is 1. The number of carbonyl (C=O) groups excluding carboxylic acids is 1. The van der Waals surface area contributed by atoms with Crippen LogP contribution in [0.5, 0.6) is 0 Å². The number of hydrogen-bond donors (Lipinski definition) is 2. The van der Waals surface area contributed by atoms with E-state index in [2.05, 4.69) is 0 Å². The number of nitrogens with two attached hydrogens (primary N) is 1. The molecule has 2 atom stereocenters. The van der Waals surface area contributed by atoms with Gasteiger partial charge in [0.05, 0.1) is 18.7 Å². The van der Waals surface area contributed by atoms with Crippen LogP contribution in [0.25, 0.3) is 0 Å². The van der Waals surface area contributed by atoms with Gasteiger partial charge in [-0.15, -0.1) is 0 Å². The smallest absolute Gasteiger partial charge is 0.239 e. The van der Waals surface area contributed by atoms with Crippen LogP contribution >= 0.6 is 0 Å². The van der Waals surface area contributed by atoms with E-state index in [1.54, 1.807) is 14.0 Å². The Balaban J connectivity index is 4.17. The van der Waals surface area contributed by atoms with Crippen molar-refractivity contribution >= 4 is 5.91 Å². The normalized spacial score (nSPS) is 15.4. The van der Waals surface area contributed by atoms with Crippen LogP contribution in [0.4, 0.5) is 0 Å². The molecular formula is C10H22N2O2. The van der Waals surface area contributed by atoms with E-state index in [0.717, 1.165) is 0 Å². The van der Waals surface area contributed by atoms with Gasteiger partial charge in [0.1, 0.15) is 0 Å². The fourth-order valence-electron chi connectivity index (χ4n) is 1.21. The van der Waals surface area contributed by atoms with Crippen LogP contribution in [0, 0.1) is 5.92 Å². The van der Waals surface area contributed by atoms with Gasteiger partial charge in [0, 0.05) is 7.05 Å². The number of likely N-dealkylation sites (N-methyl/N-ethyl adjacent to an activating group) is 1. The third-order valence-corrected chi connectivity index (χ3v) is 2.32. The highest BCUT2D eigenvalue weighted by atomic mass is 16.3. The summed E-state index contributed by atoms with van der Waals surface area (Å²) in [7, 11) is 1.67. The molecule has 1 amide bonds. The molecule has 0 aromatic heterocycles. The van der Waals surface area contributed by atoms with Gasteiger partial charge in [-0.25, -0.2) is 0 Å². The maximum absolute atomic E-state index is 11.7. The van der Waals surface area contributed by atoms with E-state index in [-0.39, 0.29) is 18.6 Å². The molecule has 1 unspecified atom stereocenters. The minimum absolute atomic E-state index is 0.0311. The molecule has 0 heterocycles. The summed E-state index contributed by atoms with van der Waals surface area (Å²) >= 11 is 0. The number of rotatable bonds is 5. The summed E-state index contributed by atoms with van der Waals surface area (Å²) in [4.78, 5) is 13.2. The monoisotopic (exact) mass is 202 g/mol. The molecule has 0 saturated heterocycles. The molecule has 0 saturated carbocycles. The molecule has 0 bridgehead atoms. The molecule has 4 heteroatoms. The Morgan fingerprint density at radius 3 is 2.29 bits per heavy atom. The summed E-state index contributed by atoms with van der Waals surface area (Å²) in [6, 6.07) is -0.616. The number of amides is 1. The van der Waals surface area contributed by atoms with Gasteiger partial charge in [0.25, 0.3) is 0 Å². The van der Waals surface area contributed by atoms with Crippen LogP contribution in [-0.4, -0.2) is 41.7 Å². The number of hydrogen-bond acceptors (Lipinski definition) is 3. The van der Waals surface area contributed by atoms with Crippen molar-refractivity contribution in [1.29, 1.82) is 0 Å². The average molecular weight is 202 g/mol. The first-order valence-electron chi connectivity index (χ1n) is 5.03. The molecule has 0 radical (unpaired) electrons. The lowest BCUT2D eigenvalue weighted by Gasteiger charge is -2.26. The molecule has 3 N–H and O–H groups in total. The number of nitrogens with zero attached hydrogens (tertiary/aromatic N) is 1. The van der Waals surface area contributed by atoms with Crippen molar-refractivity contribution in [3.8, 4) is 0 Å². The van der Waals surface area contributed by atoms with Gasteiger partial charge in [-0.1, -0.05) is 13.8 Å². The highest BCUT2D eigenvalue weighted by Gasteiger charge is 2.21. The summed E-state index contributed by atoms with van der Waals surface area (Å²) in [5.41, 5.74) is 5.74. The first kappa shape index (κ1) is 13.4. The highest BCUT2D eigenvalue weighted by Crippen LogP contribution is 2.06. The maximum atomic E-state index is 11.7. The van der Waals surface area contributed by atoms with Gasteiger partial charge in [0.15, 0.2) is 0 Å². The minimum Gasteiger partial charge on any atom is -0.394 e. The zero-order chi connectivity index (χ0) is 11.3. The lowest BCUT2D eigenvalue weighted by atomic mass is 10.0. The van der Waals surface area contributed by atoms with Crippen molar-refractivity contribution in [2.24, 2.45) is 11.7 Å². The van der Waals surface area contributed by atoms with Crippen molar-refractivity contribution in [2.75, 3.05) is 13.7 Å². The van der Waals surface area contributed by atoms with Crippen LogP contribution in [0.1, 0.15) is 27.2 Å². The zero-order valence-electron chi connectivity index (χ0n) is 9.53. The summed E-state index contributed by atoms with van der Waals surface area (Å²) in [6.07, 6.45) is 0.682. The lowest BCUT2D eigenvalue weighted by Crippen LogP contribution is -2.47. The minimum atomic E-state index is -0.450. The van der Waals surface area contributed by atoms with E-state index >= 15 is 0 Å². The second-order valence-corrected chi connectivity index (χ2v) is 4.22. The van der Waals surface area contributed by atoms with E-state index in [1.807, 2.05) is 13.8 Å². The quantitative estimate of drug-likeness (QED) is 0.669. The van der Waals surface area contributed by atoms with E-state index in [9.17, 15) is 4.79 Å². The molecule has 0 rings (SSSR count). The van der Waals surface area contributed by atoms with Crippen molar-refractivity contribution in [2.45, 2.75) is 39.3 Å². The third kappa shape index (κ3) is 4.07. The average Bonchev–Trinajstić information content (AvgIpc) is 2.13. The molecule has 0 aliphatic heterocycles. The molecule has 0 spiro atoms. The molecule has 14 heavy (non-hydrogen) atoms. The second kappa shape index (κ2) is 5.98. The molecule has 4 nitrogen and oxygen atoms in total. The van der Waals surface area contributed by atoms with Crippen molar-refractivity contribution < 1.29 is 9.90 Å². The van der Waals surface area contributed by atoms with Crippen LogP contribution in [0.3, 0.4) is 0 Å². The van der Waals surface area contributed by atoms with Crippen LogP contribution in [0.15, 0.2) is 0 Å². The van der Waals surface area contributed by atoms with Gasteiger partial charge < -0.3 is 15.7 Å².